The molecule has 0 saturated heterocycles. The average Bonchev–Trinajstić information content (AvgIpc) is 2.41. The first-order chi connectivity index (χ1) is 6.40. The molecule has 0 saturated carbocycles. The van der Waals surface area contributed by atoms with Crippen molar-refractivity contribution >= 4 is 6.08 Å². The number of allylic oxidation sites excluding steroid dienone is 1. The van der Waals surface area contributed by atoms with Crippen molar-refractivity contribution in [3.8, 4) is 5.75 Å². The number of aryl methyl sites for hydroxylation is 1. The third kappa shape index (κ3) is 1.74. The quantitative estimate of drug-likeness (QED) is 0.635. The predicted octanol–water partition coefficient (Wildman–Crippen LogP) is 3.04. The Kier molecular flexibility index (Phi) is 2.35. The molecule has 1 heteroatoms. The van der Waals surface area contributed by atoms with E-state index in [0.29, 0.717) is 0 Å². The van der Waals surface area contributed by atoms with Crippen LogP contribution in [0, 0.1) is 0 Å². The molecule has 0 spiro atoms. The Morgan fingerprint density at radius 2 is 2.23 bits per heavy atom. The summed E-state index contributed by atoms with van der Waals surface area (Å²) < 4.78 is 5.20. The molecule has 0 bridgehead atoms. The maximum absolute atomic E-state index is 5.20. The maximum atomic E-state index is 5.20. The Morgan fingerprint density at radius 1 is 1.31 bits per heavy atom. The lowest BCUT2D eigenvalue weighted by Crippen LogP contribution is -1.90. The SMILES string of the molecule is COc1ccc2c(c1)CCCC=C2. The largest absolute Gasteiger partial charge is 0.497 e. The fourth-order valence-corrected chi connectivity index (χ4v) is 1.71. The molecular formula is C12H14O. The third-order valence-electron chi connectivity index (χ3n) is 2.46. The van der Waals surface area contributed by atoms with Crippen LogP contribution in [0.1, 0.15) is 24.0 Å². The lowest BCUT2D eigenvalue weighted by Gasteiger charge is -2.06. The summed E-state index contributed by atoms with van der Waals surface area (Å²) in [6.07, 6.45) is 8.06. The first-order valence-corrected chi connectivity index (χ1v) is 4.73. The number of rotatable bonds is 1. The molecule has 1 nitrogen and oxygen atoms in total. The van der Waals surface area contributed by atoms with E-state index in [9.17, 15) is 0 Å². The van der Waals surface area contributed by atoms with E-state index in [1.807, 2.05) is 6.07 Å². The molecule has 1 aliphatic carbocycles. The highest BCUT2D eigenvalue weighted by atomic mass is 16.5. The molecule has 0 atom stereocenters. The van der Waals surface area contributed by atoms with Gasteiger partial charge in [0.1, 0.15) is 5.75 Å². The van der Waals surface area contributed by atoms with Crippen molar-refractivity contribution in [3.05, 3.63) is 35.4 Å². The second kappa shape index (κ2) is 3.65. The van der Waals surface area contributed by atoms with Crippen LogP contribution in [0.25, 0.3) is 6.08 Å². The smallest absolute Gasteiger partial charge is 0.119 e. The second-order valence-electron chi connectivity index (χ2n) is 3.36. The van der Waals surface area contributed by atoms with Crippen LogP contribution in [0.2, 0.25) is 0 Å². The van der Waals surface area contributed by atoms with E-state index >= 15 is 0 Å². The minimum Gasteiger partial charge on any atom is -0.497 e. The Balaban J connectivity index is 2.40. The molecule has 0 aliphatic heterocycles. The van der Waals surface area contributed by atoms with Crippen LogP contribution in [0.3, 0.4) is 0 Å². The van der Waals surface area contributed by atoms with Gasteiger partial charge in [-0.1, -0.05) is 18.2 Å². The van der Waals surface area contributed by atoms with Crippen molar-refractivity contribution in [2.45, 2.75) is 19.3 Å². The van der Waals surface area contributed by atoms with Gasteiger partial charge >= 0.3 is 0 Å². The zero-order valence-corrected chi connectivity index (χ0v) is 7.92. The zero-order valence-electron chi connectivity index (χ0n) is 7.92. The van der Waals surface area contributed by atoms with E-state index in [0.717, 1.165) is 5.75 Å². The third-order valence-corrected chi connectivity index (χ3v) is 2.46. The fraction of sp³-hybridized carbons (Fsp3) is 0.333. The summed E-state index contributed by atoms with van der Waals surface area (Å²) in [7, 11) is 1.72. The number of ether oxygens (including phenoxy) is 1. The fourth-order valence-electron chi connectivity index (χ4n) is 1.71. The van der Waals surface area contributed by atoms with Gasteiger partial charge in [0, 0.05) is 0 Å². The Bertz CT molecular complexity index is 326. The lowest BCUT2D eigenvalue weighted by atomic mass is 10.0. The number of methoxy groups -OCH3 is 1. The van der Waals surface area contributed by atoms with Crippen LogP contribution < -0.4 is 4.74 Å². The van der Waals surface area contributed by atoms with Gasteiger partial charge < -0.3 is 4.74 Å². The summed E-state index contributed by atoms with van der Waals surface area (Å²) in [5.41, 5.74) is 2.76. The second-order valence-corrected chi connectivity index (χ2v) is 3.36. The maximum Gasteiger partial charge on any atom is 0.119 e. The molecule has 2 rings (SSSR count). The van der Waals surface area contributed by atoms with Crippen molar-refractivity contribution < 1.29 is 4.74 Å². The van der Waals surface area contributed by atoms with E-state index in [2.05, 4.69) is 24.3 Å². The molecule has 0 unspecified atom stereocenters. The first kappa shape index (κ1) is 8.36. The van der Waals surface area contributed by atoms with Gasteiger partial charge in [0.15, 0.2) is 0 Å². The van der Waals surface area contributed by atoms with Gasteiger partial charge in [-0.25, -0.2) is 0 Å². The monoisotopic (exact) mass is 174 g/mol. The summed E-state index contributed by atoms with van der Waals surface area (Å²) in [4.78, 5) is 0. The molecule has 1 aliphatic rings. The minimum atomic E-state index is 0.967. The van der Waals surface area contributed by atoms with Gasteiger partial charge in [0.05, 0.1) is 7.11 Å². The van der Waals surface area contributed by atoms with Crippen LogP contribution in [0.5, 0.6) is 5.75 Å². The highest BCUT2D eigenvalue weighted by Gasteiger charge is 2.04. The van der Waals surface area contributed by atoms with E-state index in [-0.39, 0.29) is 0 Å². The molecule has 1 aromatic carbocycles. The van der Waals surface area contributed by atoms with Crippen LogP contribution in [-0.4, -0.2) is 7.11 Å². The topological polar surface area (TPSA) is 9.23 Å². The molecule has 0 aromatic heterocycles. The average molecular weight is 174 g/mol. The number of fused-ring (bicyclic) bond motifs is 1. The van der Waals surface area contributed by atoms with E-state index < -0.39 is 0 Å². The van der Waals surface area contributed by atoms with Gasteiger partial charge in [-0.2, -0.15) is 0 Å². The summed E-state index contributed by atoms with van der Waals surface area (Å²) >= 11 is 0. The van der Waals surface area contributed by atoms with Crippen LogP contribution in [0.15, 0.2) is 24.3 Å². The van der Waals surface area contributed by atoms with Crippen molar-refractivity contribution in [3.63, 3.8) is 0 Å². The molecular weight excluding hydrogens is 160 g/mol. The molecule has 13 heavy (non-hydrogen) atoms. The summed E-state index contributed by atoms with van der Waals surface area (Å²) in [5.74, 6) is 0.967. The van der Waals surface area contributed by atoms with Crippen molar-refractivity contribution in [2.75, 3.05) is 7.11 Å². The molecule has 0 radical (unpaired) electrons. The van der Waals surface area contributed by atoms with Gasteiger partial charge in [-0.15, -0.1) is 0 Å². The van der Waals surface area contributed by atoms with Crippen molar-refractivity contribution in [1.29, 1.82) is 0 Å². The Morgan fingerprint density at radius 3 is 3.08 bits per heavy atom. The standard InChI is InChI=1S/C12H14O/c1-13-12-8-7-10-5-3-2-4-6-11(10)9-12/h3,5,7-9H,2,4,6H2,1H3. The summed E-state index contributed by atoms with van der Waals surface area (Å²) in [5, 5.41) is 0. The van der Waals surface area contributed by atoms with Gasteiger partial charge in [0.2, 0.25) is 0 Å². The molecule has 1 aromatic rings. The van der Waals surface area contributed by atoms with E-state index in [1.54, 1.807) is 7.11 Å². The lowest BCUT2D eigenvalue weighted by molar-refractivity contribution is 0.414. The Labute approximate surface area is 79.0 Å². The van der Waals surface area contributed by atoms with Gasteiger partial charge in [0.25, 0.3) is 0 Å². The minimum absolute atomic E-state index is 0.967. The van der Waals surface area contributed by atoms with E-state index in [4.69, 9.17) is 4.74 Å². The van der Waals surface area contributed by atoms with Crippen LogP contribution >= 0.6 is 0 Å². The summed E-state index contributed by atoms with van der Waals surface area (Å²) in [6, 6.07) is 6.30. The summed E-state index contributed by atoms with van der Waals surface area (Å²) in [6.45, 7) is 0. The first-order valence-electron chi connectivity index (χ1n) is 4.73. The highest BCUT2D eigenvalue weighted by molar-refractivity contribution is 5.56. The van der Waals surface area contributed by atoms with Crippen molar-refractivity contribution in [2.24, 2.45) is 0 Å². The molecule has 0 fully saturated rings. The van der Waals surface area contributed by atoms with Crippen LogP contribution in [0.4, 0.5) is 0 Å². The zero-order chi connectivity index (χ0) is 9.10. The number of hydrogen-bond acceptors (Lipinski definition) is 1. The van der Waals surface area contributed by atoms with E-state index in [1.165, 1.54) is 30.4 Å². The molecule has 0 amide bonds. The number of hydrogen-bond donors (Lipinski definition) is 0. The van der Waals surface area contributed by atoms with Gasteiger partial charge in [-0.05, 0) is 42.5 Å². The molecule has 68 valence electrons. The normalized spacial score (nSPS) is 14.8. The van der Waals surface area contributed by atoms with Gasteiger partial charge in [-0.3, -0.25) is 0 Å². The van der Waals surface area contributed by atoms with Crippen molar-refractivity contribution in [1.82, 2.24) is 0 Å². The number of benzene rings is 1. The Hall–Kier alpha value is -1.24. The predicted molar refractivity (Wildman–Crippen MR) is 55.0 cm³/mol. The molecule has 0 N–H and O–H groups in total. The van der Waals surface area contributed by atoms with Crippen LogP contribution in [-0.2, 0) is 6.42 Å². The highest BCUT2D eigenvalue weighted by Crippen LogP contribution is 2.23. The molecule has 0 heterocycles.